The highest BCUT2D eigenvalue weighted by atomic mass is 19.2. The van der Waals surface area contributed by atoms with E-state index < -0.39 is 58.0 Å². The maximum atomic E-state index is 14.3. The van der Waals surface area contributed by atoms with E-state index in [0.29, 0.717) is 11.1 Å². The average molecular weight is 520 g/mol. The molecule has 3 aromatic carbocycles. The molecule has 5 nitrogen and oxygen atoms in total. The fraction of sp³-hybridized carbons (Fsp3) is 0.259. The van der Waals surface area contributed by atoms with Gasteiger partial charge in [-0.05, 0) is 35.6 Å². The topological polar surface area (TPSA) is 69.6 Å². The van der Waals surface area contributed by atoms with Crippen LogP contribution in [0, 0.1) is 41.4 Å². The normalized spacial score (nSPS) is 12.3. The van der Waals surface area contributed by atoms with E-state index in [-0.39, 0.29) is 17.9 Å². The first-order valence-electron chi connectivity index (χ1n) is 11.2. The highest BCUT2D eigenvalue weighted by Crippen LogP contribution is 2.33. The van der Waals surface area contributed by atoms with Gasteiger partial charge in [-0.1, -0.05) is 57.2 Å². The summed E-state index contributed by atoms with van der Waals surface area (Å²) in [6.45, 7) is 6.58. The van der Waals surface area contributed by atoms with Crippen LogP contribution in [-0.4, -0.2) is 23.0 Å². The maximum Gasteiger partial charge on any atom is 0.261 e. The minimum Gasteiger partial charge on any atom is -0.383 e. The summed E-state index contributed by atoms with van der Waals surface area (Å²) in [7, 11) is 0. The van der Waals surface area contributed by atoms with Crippen molar-refractivity contribution in [1.29, 1.82) is 0 Å². The smallest absolute Gasteiger partial charge is 0.261 e. The highest BCUT2D eigenvalue weighted by Gasteiger charge is 2.35. The quantitative estimate of drug-likeness (QED) is 0.242. The summed E-state index contributed by atoms with van der Waals surface area (Å²) in [6, 6.07) is 13.0. The number of aliphatic hydroxyl groups is 1. The number of aliphatic hydroxyl groups excluding tert-OH is 1. The molecule has 0 bridgehead atoms. The summed E-state index contributed by atoms with van der Waals surface area (Å²) >= 11 is 0. The van der Waals surface area contributed by atoms with Crippen LogP contribution in [0.3, 0.4) is 0 Å². The Kier molecular flexibility index (Phi) is 8.02. The maximum absolute atomic E-state index is 14.3. The number of carbonyl (C=O) groups excluding carboxylic acids is 2. The summed E-state index contributed by atoms with van der Waals surface area (Å²) in [5, 5.41) is 12.9. The first-order chi connectivity index (χ1) is 17.2. The standard InChI is InChI=1S/C27H25F5N2O3/c1-14-10-11-16(33-25(36)18-19(28)21(30)23(32)22(31)20(18)29)17(12-14)34(13-15-8-6-5-7-9-15)26(37)24(35)27(2,3)4/h5-12,24,35H,13H2,1-4H3,(H,33,36). The lowest BCUT2D eigenvalue weighted by atomic mass is 9.88. The van der Waals surface area contributed by atoms with Crippen LogP contribution in [0.5, 0.6) is 0 Å². The van der Waals surface area contributed by atoms with E-state index in [1.807, 2.05) is 0 Å². The van der Waals surface area contributed by atoms with Gasteiger partial charge in [0.1, 0.15) is 11.7 Å². The molecule has 0 spiro atoms. The van der Waals surface area contributed by atoms with Gasteiger partial charge >= 0.3 is 0 Å². The Morgan fingerprint density at radius 1 is 0.892 bits per heavy atom. The SMILES string of the molecule is Cc1ccc(NC(=O)c2c(F)c(F)c(F)c(F)c2F)c(N(Cc2ccccc2)C(=O)C(O)C(C)(C)C)c1. The molecule has 0 aliphatic rings. The molecule has 3 rings (SSSR count). The van der Waals surface area contributed by atoms with Crippen molar-refractivity contribution >= 4 is 23.2 Å². The van der Waals surface area contributed by atoms with Crippen LogP contribution < -0.4 is 10.2 Å². The van der Waals surface area contributed by atoms with E-state index in [2.05, 4.69) is 5.32 Å². The second-order valence-electron chi connectivity index (χ2n) is 9.60. The lowest BCUT2D eigenvalue weighted by Gasteiger charge is -2.32. The van der Waals surface area contributed by atoms with Gasteiger partial charge in [0.15, 0.2) is 23.3 Å². The molecule has 10 heteroatoms. The molecule has 0 aliphatic heterocycles. The van der Waals surface area contributed by atoms with Crippen molar-refractivity contribution in [3.63, 3.8) is 0 Å². The van der Waals surface area contributed by atoms with E-state index in [1.54, 1.807) is 58.0 Å². The van der Waals surface area contributed by atoms with Crippen LogP contribution in [0.1, 0.15) is 42.3 Å². The zero-order valence-corrected chi connectivity index (χ0v) is 20.5. The number of amides is 2. The number of halogens is 5. The lowest BCUT2D eigenvalue weighted by molar-refractivity contribution is -0.131. The number of carbonyl (C=O) groups is 2. The van der Waals surface area contributed by atoms with Crippen LogP contribution in [0.4, 0.5) is 33.3 Å². The Morgan fingerprint density at radius 2 is 1.43 bits per heavy atom. The van der Waals surface area contributed by atoms with Crippen molar-refractivity contribution in [3.05, 3.63) is 94.3 Å². The zero-order valence-electron chi connectivity index (χ0n) is 20.5. The third-order valence-electron chi connectivity index (χ3n) is 5.63. The number of hydrogen-bond donors (Lipinski definition) is 2. The molecule has 0 saturated carbocycles. The van der Waals surface area contributed by atoms with Gasteiger partial charge in [0, 0.05) is 0 Å². The van der Waals surface area contributed by atoms with Gasteiger partial charge < -0.3 is 15.3 Å². The molecule has 1 atom stereocenters. The molecule has 2 N–H and O–H groups in total. The van der Waals surface area contributed by atoms with E-state index in [0.717, 1.165) is 0 Å². The molecular formula is C27H25F5N2O3. The molecule has 0 aromatic heterocycles. The molecule has 0 radical (unpaired) electrons. The lowest BCUT2D eigenvalue weighted by Crippen LogP contribution is -2.45. The Labute approximate surface area is 210 Å². The zero-order chi connectivity index (χ0) is 27.7. The molecule has 0 aliphatic carbocycles. The monoisotopic (exact) mass is 520 g/mol. The van der Waals surface area contributed by atoms with Gasteiger partial charge in [0.05, 0.1) is 17.9 Å². The first kappa shape index (κ1) is 27.8. The van der Waals surface area contributed by atoms with E-state index in [9.17, 15) is 36.6 Å². The Hall–Kier alpha value is -3.79. The molecule has 1 unspecified atom stereocenters. The van der Waals surface area contributed by atoms with Gasteiger partial charge in [-0.25, -0.2) is 22.0 Å². The van der Waals surface area contributed by atoms with Crippen molar-refractivity contribution in [3.8, 4) is 0 Å². The second kappa shape index (κ2) is 10.7. The molecule has 0 fully saturated rings. The van der Waals surface area contributed by atoms with Crippen LogP contribution >= 0.6 is 0 Å². The molecule has 0 saturated heterocycles. The average Bonchev–Trinajstić information content (AvgIpc) is 2.85. The Bertz CT molecular complexity index is 1310. The van der Waals surface area contributed by atoms with Crippen molar-refractivity contribution in [2.45, 2.75) is 40.3 Å². The number of hydrogen-bond acceptors (Lipinski definition) is 3. The molecule has 196 valence electrons. The summed E-state index contributed by atoms with van der Waals surface area (Å²) in [4.78, 5) is 27.4. The van der Waals surface area contributed by atoms with Crippen LogP contribution in [0.2, 0.25) is 0 Å². The van der Waals surface area contributed by atoms with Gasteiger partial charge in [-0.3, -0.25) is 9.59 Å². The minimum absolute atomic E-state index is 0.0503. The second-order valence-corrected chi connectivity index (χ2v) is 9.60. The number of anilines is 2. The van der Waals surface area contributed by atoms with Crippen molar-refractivity contribution < 1.29 is 36.6 Å². The molecule has 37 heavy (non-hydrogen) atoms. The summed E-state index contributed by atoms with van der Waals surface area (Å²) in [6.07, 6.45) is -1.48. The van der Waals surface area contributed by atoms with Crippen LogP contribution in [0.15, 0.2) is 48.5 Å². The molecule has 0 heterocycles. The van der Waals surface area contributed by atoms with Crippen LogP contribution in [-0.2, 0) is 11.3 Å². The number of nitrogens with zero attached hydrogens (tertiary/aromatic N) is 1. The van der Waals surface area contributed by atoms with E-state index in [1.165, 1.54) is 23.1 Å². The highest BCUT2D eigenvalue weighted by molar-refractivity contribution is 6.08. The van der Waals surface area contributed by atoms with Gasteiger partial charge in [-0.15, -0.1) is 0 Å². The van der Waals surface area contributed by atoms with Gasteiger partial charge in [-0.2, -0.15) is 0 Å². The first-order valence-corrected chi connectivity index (χ1v) is 11.2. The number of benzene rings is 3. The number of aryl methyl sites for hydroxylation is 1. The van der Waals surface area contributed by atoms with Gasteiger partial charge in [0.2, 0.25) is 5.82 Å². The van der Waals surface area contributed by atoms with Gasteiger partial charge in [0.25, 0.3) is 11.8 Å². The third kappa shape index (κ3) is 5.80. The number of rotatable bonds is 6. The molecule has 3 aromatic rings. The largest absolute Gasteiger partial charge is 0.383 e. The predicted octanol–water partition coefficient (Wildman–Crippen LogP) is 5.88. The Balaban J connectivity index is 2.12. The van der Waals surface area contributed by atoms with Crippen molar-refractivity contribution in [2.24, 2.45) is 5.41 Å². The number of nitrogens with one attached hydrogen (secondary N) is 1. The minimum atomic E-state index is -2.39. The van der Waals surface area contributed by atoms with E-state index in [4.69, 9.17) is 0 Å². The summed E-state index contributed by atoms with van der Waals surface area (Å²) in [5.41, 5.74) is -1.34. The Morgan fingerprint density at radius 3 is 1.97 bits per heavy atom. The molecule has 2 amide bonds. The molecular weight excluding hydrogens is 495 g/mol. The third-order valence-corrected chi connectivity index (χ3v) is 5.63. The van der Waals surface area contributed by atoms with Crippen LogP contribution in [0.25, 0.3) is 0 Å². The van der Waals surface area contributed by atoms with Crippen molar-refractivity contribution in [2.75, 3.05) is 10.2 Å². The van der Waals surface area contributed by atoms with Crippen molar-refractivity contribution in [1.82, 2.24) is 0 Å². The predicted molar refractivity (Wildman–Crippen MR) is 128 cm³/mol. The summed E-state index contributed by atoms with van der Waals surface area (Å²) < 4.78 is 69.3. The fourth-order valence-electron chi connectivity index (χ4n) is 3.53. The van der Waals surface area contributed by atoms with E-state index >= 15 is 0 Å². The fourth-order valence-corrected chi connectivity index (χ4v) is 3.53. The summed E-state index contributed by atoms with van der Waals surface area (Å²) in [5.74, 6) is -13.8.